The predicted octanol–water partition coefficient (Wildman–Crippen LogP) is 5.30. The molecule has 0 aliphatic heterocycles. The first kappa shape index (κ1) is 16.0. The molecular formula is C16H12ClF2NO2S. The largest absolute Gasteiger partial charge is 0.495 e. The molecule has 0 saturated carbocycles. The van der Waals surface area contributed by atoms with E-state index in [1.54, 1.807) is 19.1 Å². The van der Waals surface area contributed by atoms with Crippen LogP contribution in [0.15, 0.2) is 30.3 Å². The van der Waals surface area contributed by atoms with E-state index < -0.39 is 6.43 Å². The molecule has 0 aliphatic carbocycles. The zero-order chi connectivity index (χ0) is 16.7. The molecule has 120 valence electrons. The molecule has 2 aromatic heterocycles. The van der Waals surface area contributed by atoms with Crippen molar-refractivity contribution in [2.24, 2.45) is 0 Å². The summed E-state index contributed by atoms with van der Waals surface area (Å²) in [7, 11) is 1.51. The zero-order valence-corrected chi connectivity index (χ0v) is 13.8. The molecule has 0 aliphatic rings. The number of halogens is 3. The maximum Gasteiger partial charge on any atom is 0.272 e. The quantitative estimate of drug-likeness (QED) is 0.638. The normalized spacial score (nSPS) is 11.4. The Balaban J connectivity index is 2.12. The van der Waals surface area contributed by atoms with E-state index in [1.165, 1.54) is 23.8 Å². The van der Waals surface area contributed by atoms with E-state index in [0.717, 1.165) is 16.7 Å². The summed E-state index contributed by atoms with van der Waals surface area (Å²) in [6, 6.07) is 7.91. The van der Waals surface area contributed by atoms with Gasteiger partial charge in [0.15, 0.2) is 0 Å². The molecule has 23 heavy (non-hydrogen) atoms. The first-order chi connectivity index (χ1) is 10.9. The van der Waals surface area contributed by atoms with Gasteiger partial charge < -0.3 is 4.74 Å². The zero-order valence-electron chi connectivity index (χ0n) is 12.3. The lowest BCUT2D eigenvalue weighted by Gasteiger charge is -2.07. The number of carbonyl (C=O) groups is 1. The Morgan fingerprint density at radius 2 is 2.04 bits per heavy atom. The van der Waals surface area contributed by atoms with Gasteiger partial charge in [-0.2, -0.15) is 0 Å². The average molecular weight is 356 g/mol. The van der Waals surface area contributed by atoms with E-state index >= 15 is 0 Å². The summed E-state index contributed by atoms with van der Waals surface area (Å²) in [4.78, 5) is 12.8. The van der Waals surface area contributed by atoms with Gasteiger partial charge >= 0.3 is 0 Å². The average Bonchev–Trinajstić information content (AvgIpc) is 3.10. The highest BCUT2D eigenvalue weighted by Crippen LogP contribution is 2.33. The van der Waals surface area contributed by atoms with Gasteiger partial charge in [-0.25, -0.2) is 8.78 Å². The number of hydrogen-bond donors (Lipinski definition) is 0. The summed E-state index contributed by atoms with van der Waals surface area (Å²) >= 11 is 6.93. The van der Waals surface area contributed by atoms with Gasteiger partial charge in [-0.1, -0.05) is 11.6 Å². The summed E-state index contributed by atoms with van der Waals surface area (Å²) in [5.74, 6) is 0.163. The molecule has 0 fully saturated rings. The molecule has 7 heteroatoms. The first-order valence-electron chi connectivity index (χ1n) is 6.70. The van der Waals surface area contributed by atoms with Crippen molar-refractivity contribution in [2.75, 3.05) is 7.11 Å². The van der Waals surface area contributed by atoms with Crippen molar-refractivity contribution in [3.63, 3.8) is 0 Å². The number of aromatic nitrogens is 1. The van der Waals surface area contributed by atoms with Gasteiger partial charge in [0.1, 0.15) is 5.75 Å². The third kappa shape index (κ3) is 2.72. The van der Waals surface area contributed by atoms with Gasteiger partial charge in [0.25, 0.3) is 12.3 Å². The second kappa shape index (κ2) is 5.94. The lowest BCUT2D eigenvalue weighted by Crippen LogP contribution is -2.11. The molecule has 2 heterocycles. The van der Waals surface area contributed by atoms with Crippen molar-refractivity contribution in [2.45, 2.75) is 13.3 Å². The van der Waals surface area contributed by atoms with Crippen LogP contribution < -0.4 is 4.74 Å². The molecule has 3 nitrogen and oxygen atoms in total. The molecule has 3 rings (SSSR count). The topological polar surface area (TPSA) is 31.2 Å². The molecule has 0 amide bonds. The standard InChI is InChI=1S/C16H12ClF2NO2S/c1-8-5-9-6-12(22-2)10(17)7-11(9)20(8)16(21)14-4-3-13(23-14)15(18)19/h3-7,15H,1-2H3. The Morgan fingerprint density at radius 3 is 2.65 bits per heavy atom. The van der Waals surface area contributed by atoms with Gasteiger partial charge in [0.05, 0.1) is 27.4 Å². The van der Waals surface area contributed by atoms with Crippen molar-refractivity contribution in [3.8, 4) is 5.75 Å². The highest BCUT2D eigenvalue weighted by molar-refractivity contribution is 7.14. The first-order valence-corrected chi connectivity index (χ1v) is 7.90. The molecule has 0 unspecified atom stereocenters. The number of thiophene rings is 1. The van der Waals surface area contributed by atoms with Crippen LogP contribution >= 0.6 is 22.9 Å². The summed E-state index contributed by atoms with van der Waals surface area (Å²) in [6.07, 6.45) is -2.58. The predicted molar refractivity (Wildman–Crippen MR) is 87.2 cm³/mol. The fraction of sp³-hybridized carbons (Fsp3) is 0.188. The van der Waals surface area contributed by atoms with Gasteiger partial charge in [0.2, 0.25) is 0 Å². The van der Waals surface area contributed by atoms with Crippen molar-refractivity contribution >= 4 is 39.7 Å². The number of fused-ring (bicyclic) bond motifs is 1. The minimum absolute atomic E-state index is 0.123. The Bertz CT molecular complexity index is 901. The monoisotopic (exact) mass is 355 g/mol. The molecule has 0 spiro atoms. The van der Waals surface area contributed by atoms with Gasteiger partial charge in [0, 0.05) is 11.1 Å². The number of aryl methyl sites for hydroxylation is 1. The SMILES string of the molecule is COc1cc2cc(C)n(C(=O)c3ccc(C(F)F)s3)c2cc1Cl. The van der Waals surface area contributed by atoms with Gasteiger partial charge in [-0.3, -0.25) is 9.36 Å². The molecule has 0 atom stereocenters. The summed E-state index contributed by atoms with van der Waals surface area (Å²) in [5.41, 5.74) is 1.31. The second-order valence-electron chi connectivity index (χ2n) is 4.97. The van der Waals surface area contributed by atoms with Crippen molar-refractivity contribution < 1.29 is 18.3 Å². The Hall–Kier alpha value is -1.92. The minimum Gasteiger partial charge on any atom is -0.495 e. The number of benzene rings is 1. The molecular weight excluding hydrogens is 344 g/mol. The molecule has 0 bridgehead atoms. The van der Waals surface area contributed by atoms with E-state index in [1.807, 2.05) is 6.07 Å². The molecule has 0 radical (unpaired) electrons. The maximum absolute atomic E-state index is 12.7. The lowest BCUT2D eigenvalue weighted by molar-refractivity contribution is 0.0967. The van der Waals surface area contributed by atoms with Crippen LogP contribution in [0.2, 0.25) is 5.02 Å². The number of hydrogen-bond acceptors (Lipinski definition) is 3. The summed E-state index contributed by atoms with van der Waals surface area (Å²) in [5, 5.41) is 1.18. The molecule has 3 aromatic rings. The van der Waals surface area contributed by atoms with Crippen LogP contribution in [0.25, 0.3) is 10.9 Å². The van der Waals surface area contributed by atoms with Crippen molar-refractivity contribution in [1.29, 1.82) is 0 Å². The van der Waals surface area contributed by atoms with E-state index in [9.17, 15) is 13.6 Å². The number of alkyl halides is 2. The third-order valence-corrected chi connectivity index (χ3v) is 4.89. The van der Waals surface area contributed by atoms with Crippen LogP contribution in [-0.2, 0) is 0 Å². The molecule has 0 N–H and O–H groups in total. The van der Waals surface area contributed by atoms with Crippen LogP contribution in [-0.4, -0.2) is 17.6 Å². The minimum atomic E-state index is -2.58. The highest BCUT2D eigenvalue weighted by atomic mass is 35.5. The number of carbonyl (C=O) groups excluding carboxylic acids is 1. The third-order valence-electron chi connectivity index (χ3n) is 3.51. The smallest absolute Gasteiger partial charge is 0.272 e. The number of nitrogens with zero attached hydrogens (tertiary/aromatic N) is 1. The number of ether oxygens (including phenoxy) is 1. The number of methoxy groups -OCH3 is 1. The summed E-state index contributed by atoms with van der Waals surface area (Å²) < 4.78 is 32.1. The summed E-state index contributed by atoms with van der Waals surface area (Å²) in [6.45, 7) is 1.78. The molecule has 1 aromatic carbocycles. The van der Waals surface area contributed by atoms with E-state index in [4.69, 9.17) is 16.3 Å². The Morgan fingerprint density at radius 1 is 1.30 bits per heavy atom. The van der Waals surface area contributed by atoms with Crippen LogP contribution in [0.3, 0.4) is 0 Å². The van der Waals surface area contributed by atoms with Crippen molar-refractivity contribution in [3.05, 3.63) is 50.8 Å². The fourth-order valence-electron chi connectivity index (χ4n) is 2.47. The van der Waals surface area contributed by atoms with Crippen LogP contribution in [0.4, 0.5) is 8.78 Å². The van der Waals surface area contributed by atoms with E-state index in [2.05, 4.69) is 0 Å². The Kier molecular flexibility index (Phi) is 4.12. The Labute approximate surface area is 140 Å². The molecule has 0 saturated heterocycles. The van der Waals surface area contributed by atoms with Crippen molar-refractivity contribution in [1.82, 2.24) is 4.57 Å². The van der Waals surface area contributed by atoms with Gasteiger partial charge in [-0.15, -0.1) is 11.3 Å². The van der Waals surface area contributed by atoms with Crippen LogP contribution in [0.5, 0.6) is 5.75 Å². The highest BCUT2D eigenvalue weighted by Gasteiger charge is 2.20. The lowest BCUT2D eigenvalue weighted by atomic mass is 10.2. The van der Waals surface area contributed by atoms with E-state index in [0.29, 0.717) is 22.0 Å². The van der Waals surface area contributed by atoms with Gasteiger partial charge in [-0.05, 0) is 37.3 Å². The number of rotatable bonds is 3. The van der Waals surface area contributed by atoms with E-state index in [-0.39, 0.29) is 15.7 Å². The maximum atomic E-state index is 12.7. The van der Waals surface area contributed by atoms with Crippen LogP contribution in [0, 0.1) is 6.92 Å². The second-order valence-corrected chi connectivity index (χ2v) is 6.50. The van der Waals surface area contributed by atoms with Crippen LogP contribution in [0.1, 0.15) is 26.7 Å². The fourth-order valence-corrected chi connectivity index (χ4v) is 3.50.